The molecule has 26 heavy (non-hydrogen) atoms. The van der Waals surface area contributed by atoms with Crippen LogP contribution in [0.1, 0.15) is 0 Å². The molecule has 4 nitrogen and oxygen atoms in total. The van der Waals surface area contributed by atoms with Crippen LogP contribution in [-0.4, -0.2) is 19.5 Å². The minimum absolute atomic E-state index is 0.682. The smallest absolute Gasteiger partial charge is 0.236 e. The SMILES string of the molecule is c1ccc2c(c1)[nH]c1nc(-n3c4ccccc4c4ccccc43)ncc12. The zero-order chi connectivity index (χ0) is 17.1. The van der Waals surface area contributed by atoms with E-state index < -0.39 is 0 Å². The van der Waals surface area contributed by atoms with Gasteiger partial charge in [-0.1, -0.05) is 54.6 Å². The Morgan fingerprint density at radius 1 is 0.654 bits per heavy atom. The third kappa shape index (κ3) is 1.73. The fourth-order valence-electron chi connectivity index (χ4n) is 3.87. The topological polar surface area (TPSA) is 46.5 Å². The molecule has 0 aliphatic rings. The van der Waals surface area contributed by atoms with E-state index in [0.717, 1.165) is 33.0 Å². The number of aromatic nitrogens is 4. The third-order valence-corrected chi connectivity index (χ3v) is 5.03. The second kappa shape index (κ2) is 4.92. The molecule has 3 heterocycles. The normalized spacial score (nSPS) is 11.8. The molecule has 0 radical (unpaired) electrons. The second-order valence-electron chi connectivity index (χ2n) is 6.47. The maximum absolute atomic E-state index is 4.85. The lowest BCUT2D eigenvalue weighted by molar-refractivity contribution is 1.01. The summed E-state index contributed by atoms with van der Waals surface area (Å²) in [6.07, 6.45) is 1.92. The molecular formula is C22H14N4. The number of hydrogen-bond acceptors (Lipinski definition) is 2. The van der Waals surface area contributed by atoms with Crippen LogP contribution >= 0.6 is 0 Å². The first-order valence-corrected chi connectivity index (χ1v) is 8.62. The molecule has 0 aliphatic heterocycles. The second-order valence-corrected chi connectivity index (χ2v) is 6.47. The molecule has 1 N–H and O–H groups in total. The minimum atomic E-state index is 0.682. The van der Waals surface area contributed by atoms with Crippen LogP contribution < -0.4 is 0 Å². The van der Waals surface area contributed by atoms with Crippen LogP contribution in [0.3, 0.4) is 0 Å². The average molecular weight is 334 g/mol. The van der Waals surface area contributed by atoms with Gasteiger partial charge in [-0.25, -0.2) is 4.98 Å². The number of benzene rings is 3. The van der Waals surface area contributed by atoms with Gasteiger partial charge < -0.3 is 4.98 Å². The van der Waals surface area contributed by atoms with E-state index in [1.165, 1.54) is 10.8 Å². The molecule has 0 atom stereocenters. The summed E-state index contributed by atoms with van der Waals surface area (Å²) in [5, 5.41) is 4.62. The van der Waals surface area contributed by atoms with Crippen molar-refractivity contribution in [3.8, 4) is 5.95 Å². The van der Waals surface area contributed by atoms with E-state index in [-0.39, 0.29) is 0 Å². The number of fused-ring (bicyclic) bond motifs is 6. The highest BCUT2D eigenvalue weighted by molar-refractivity contribution is 6.09. The average Bonchev–Trinajstić information content (AvgIpc) is 3.23. The summed E-state index contributed by atoms with van der Waals surface area (Å²) in [6, 6.07) is 25.0. The van der Waals surface area contributed by atoms with E-state index in [9.17, 15) is 0 Å². The molecule has 4 heteroatoms. The molecule has 122 valence electrons. The lowest BCUT2D eigenvalue weighted by Crippen LogP contribution is -2.00. The molecule has 0 aliphatic carbocycles. The van der Waals surface area contributed by atoms with E-state index in [1.54, 1.807) is 0 Å². The molecule has 0 saturated carbocycles. The fraction of sp³-hybridized carbons (Fsp3) is 0. The van der Waals surface area contributed by atoms with Gasteiger partial charge in [0.1, 0.15) is 5.65 Å². The lowest BCUT2D eigenvalue weighted by Gasteiger charge is -2.05. The fourth-order valence-corrected chi connectivity index (χ4v) is 3.87. The predicted molar refractivity (Wildman–Crippen MR) is 106 cm³/mol. The summed E-state index contributed by atoms with van der Waals surface area (Å²) in [6.45, 7) is 0. The monoisotopic (exact) mass is 334 g/mol. The Morgan fingerprint density at radius 2 is 1.27 bits per heavy atom. The summed E-state index contributed by atoms with van der Waals surface area (Å²) in [7, 11) is 0. The van der Waals surface area contributed by atoms with Crippen LogP contribution in [0.25, 0.3) is 49.7 Å². The van der Waals surface area contributed by atoms with Gasteiger partial charge >= 0.3 is 0 Å². The van der Waals surface area contributed by atoms with Gasteiger partial charge in [0.05, 0.1) is 11.0 Å². The Hall–Kier alpha value is -3.66. The number of aromatic amines is 1. The molecule has 0 bridgehead atoms. The van der Waals surface area contributed by atoms with E-state index >= 15 is 0 Å². The molecule has 6 aromatic rings. The number of nitrogens with zero attached hydrogens (tertiary/aromatic N) is 3. The largest absolute Gasteiger partial charge is 0.339 e. The van der Waals surface area contributed by atoms with Crippen LogP contribution in [0.2, 0.25) is 0 Å². The summed E-state index contributed by atoms with van der Waals surface area (Å²) >= 11 is 0. The van der Waals surface area contributed by atoms with Gasteiger partial charge in [-0.05, 0) is 18.2 Å². The molecule has 0 fully saturated rings. The maximum atomic E-state index is 4.85. The Bertz CT molecular complexity index is 1390. The highest BCUT2D eigenvalue weighted by atomic mass is 15.2. The standard InChI is InChI=1S/C22H14N4/c1-4-10-18-14(7-1)17-13-23-22(25-21(17)24-18)26-19-11-5-2-8-15(19)16-9-3-6-12-20(16)26/h1-13H,(H,23,24,25). The van der Waals surface area contributed by atoms with Gasteiger partial charge in [-0.3, -0.25) is 4.57 Å². The van der Waals surface area contributed by atoms with E-state index in [0.29, 0.717) is 5.95 Å². The Kier molecular flexibility index (Phi) is 2.58. The number of H-pyrrole nitrogens is 1. The quantitative estimate of drug-likeness (QED) is 0.449. The van der Waals surface area contributed by atoms with Gasteiger partial charge in [-0.15, -0.1) is 0 Å². The van der Waals surface area contributed by atoms with Crippen LogP contribution in [-0.2, 0) is 0 Å². The Balaban J connectivity index is 1.73. The molecule has 3 aromatic carbocycles. The first-order chi connectivity index (χ1) is 12.9. The predicted octanol–water partition coefficient (Wildman–Crippen LogP) is 5.21. The summed E-state index contributed by atoms with van der Waals surface area (Å²) in [5.41, 5.74) is 4.17. The summed E-state index contributed by atoms with van der Waals surface area (Å²) < 4.78 is 2.13. The zero-order valence-electron chi connectivity index (χ0n) is 13.8. The van der Waals surface area contributed by atoms with Crippen LogP contribution in [0, 0.1) is 0 Å². The van der Waals surface area contributed by atoms with Crippen molar-refractivity contribution in [2.45, 2.75) is 0 Å². The number of hydrogen-bond donors (Lipinski definition) is 1. The molecular weight excluding hydrogens is 320 g/mol. The van der Waals surface area contributed by atoms with Crippen molar-refractivity contribution in [3.63, 3.8) is 0 Å². The molecule has 3 aromatic heterocycles. The van der Waals surface area contributed by atoms with Gasteiger partial charge in [0.25, 0.3) is 0 Å². The summed E-state index contributed by atoms with van der Waals surface area (Å²) in [4.78, 5) is 13.0. The first kappa shape index (κ1) is 13.6. The van der Waals surface area contributed by atoms with Gasteiger partial charge in [-0.2, -0.15) is 4.98 Å². The highest BCUT2D eigenvalue weighted by Gasteiger charge is 2.14. The lowest BCUT2D eigenvalue weighted by atomic mass is 10.2. The number of rotatable bonds is 1. The molecule has 6 rings (SSSR count). The zero-order valence-corrected chi connectivity index (χ0v) is 13.8. The van der Waals surface area contributed by atoms with Crippen molar-refractivity contribution in [3.05, 3.63) is 79.0 Å². The van der Waals surface area contributed by atoms with Crippen molar-refractivity contribution in [1.82, 2.24) is 19.5 Å². The van der Waals surface area contributed by atoms with Crippen molar-refractivity contribution in [2.75, 3.05) is 0 Å². The van der Waals surface area contributed by atoms with Crippen LogP contribution in [0.5, 0.6) is 0 Å². The summed E-state index contributed by atoms with van der Waals surface area (Å²) in [5.74, 6) is 0.682. The number of nitrogens with one attached hydrogen (secondary N) is 1. The van der Waals surface area contributed by atoms with Crippen molar-refractivity contribution in [2.24, 2.45) is 0 Å². The van der Waals surface area contributed by atoms with E-state index in [2.05, 4.69) is 70.2 Å². The molecule has 0 unspecified atom stereocenters. The van der Waals surface area contributed by atoms with E-state index in [1.807, 2.05) is 18.3 Å². The Morgan fingerprint density at radius 3 is 2.00 bits per heavy atom. The van der Waals surface area contributed by atoms with Gasteiger partial charge in [0.15, 0.2) is 0 Å². The first-order valence-electron chi connectivity index (χ1n) is 8.62. The number of para-hydroxylation sites is 3. The van der Waals surface area contributed by atoms with Gasteiger partial charge in [0.2, 0.25) is 5.95 Å². The van der Waals surface area contributed by atoms with Crippen molar-refractivity contribution < 1.29 is 0 Å². The maximum Gasteiger partial charge on any atom is 0.236 e. The van der Waals surface area contributed by atoms with Crippen molar-refractivity contribution >= 4 is 43.7 Å². The Labute approximate surface area is 148 Å². The molecule has 0 saturated heterocycles. The van der Waals surface area contributed by atoms with Crippen molar-refractivity contribution in [1.29, 1.82) is 0 Å². The molecule has 0 amide bonds. The third-order valence-electron chi connectivity index (χ3n) is 5.03. The van der Waals surface area contributed by atoms with Crippen LogP contribution in [0.4, 0.5) is 0 Å². The highest BCUT2D eigenvalue weighted by Crippen LogP contribution is 2.31. The van der Waals surface area contributed by atoms with Gasteiger partial charge in [0, 0.05) is 33.3 Å². The molecule has 0 spiro atoms. The minimum Gasteiger partial charge on any atom is -0.339 e. The van der Waals surface area contributed by atoms with Crippen LogP contribution in [0.15, 0.2) is 79.0 Å². The van der Waals surface area contributed by atoms with E-state index in [4.69, 9.17) is 9.97 Å².